The van der Waals surface area contributed by atoms with Gasteiger partial charge >= 0.3 is 0 Å². The number of hydrogen-bond donors (Lipinski definition) is 1. The van der Waals surface area contributed by atoms with Crippen LogP contribution in [0.5, 0.6) is 0 Å². The molecule has 0 fully saturated rings. The van der Waals surface area contributed by atoms with Gasteiger partial charge in [-0.2, -0.15) is 0 Å². The van der Waals surface area contributed by atoms with Gasteiger partial charge in [-0.15, -0.1) is 0 Å². The van der Waals surface area contributed by atoms with Crippen molar-refractivity contribution >= 4 is 5.91 Å². The molecule has 0 aliphatic carbocycles. The first-order valence-corrected chi connectivity index (χ1v) is 5.79. The fourth-order valence-corrected chi connectivity index (χ4v) is 1.52. The van der Waals surface area contributed by atoms with Crippen molar-refractivity contribution in [2.45, 2.75) is 53.1 Å². The summed E-state index contributed by atoms with van der Waals surface area (Å²) in [4.78, 5) is 13.7. The zero-order valence-electron chi connectivity index (χ0n) is 10.9. The van der Waals surface area contributed by atoms with Crippen LogP contribution in [0, 0.1) is 11.8 Å². The number of carbonyl (C=O) groups is 1. The molecular formula is C12H26N2O. The first-order valence-electron chi connectivity index (χ1n) is 5.79. The summed E-state index contributed by atoms with van der Waals surface area (Å²) in [6.07, 6.45) is 0.758. The molecule has 0 bridgehead atoms. The van der Waals surface area contributed by atoms with Crippen molar-refractivity contribution in [1.29, 1.82) is 0 Å². The van der Waals surface area contributed by atoms with Gasteiger partial charge in [-0.1, -0.05) is 27.7 Å². The van der Waals surface area contributed by atoms with E-state index < -0.39 is 0 Å². The van der Waals surface area contributed by atoms with Crippen LogP contribution in [0.15, 0.2) is 0 Å². The number of likely N-dealkylation sites (N-methyl/N-ethyl adjacent to an activating group) is 1. The van der Waals surface area contributed by atoms with Crippen molar-refractivity contribution in [3.63, 3.8) is 0 Å². The Bertz CT molecular complexity index is 202. The van der Waals surface area contributed by atoms with Gasteiger partial charge in [0.15, 0.2) is 0 Å². The Kier molecular flexibility index (Phi) is 5.88. The van der Waals surface area contributed by atoms with Gasteiger partial charge in [0.2, 0.25) is 5.91 Å². The number of nitrogens with two attached hydrogens (primary N) is 1. The molecule has 0 aromatic rings. The summed E-state index contributed by atoms with van der Waals surface area (Å²) in [5.74, 6) is 0.988. The Morgan fingerprint density at radius 3 is 2.00 bits per heavy atom. The average molecular weight is 214 g/mol. The van der Waals surface area contributed by atoms with Gasteiger partial charge in [0.1, 0.15) is 0 Å². The van der Waals surface area contributed by atoms with Crippen LogP contribution >= 0.6 is 0 Å². The van der Waals surface area contributed by atoms with Crippen LogP contribution in [0.2, 0.25) is 0 Å². The molecule has 0 aliphatic heterocycles. The van der Waals surface area contributed by atoms with Crippen LogP contribution in [0.25, 0.3) is 0 Å². The van der Waals surface area contributed by atoms with E-state index in [1.54, 1.807) is 4.90 Å². The van der Waals surface area contributed by atoms with Crippen LogP contribution in [0.3, 0.4) is 0 Å². The largest absolute Gasteiger partial charge is 0.341 e. The molecule has 1 unspecified atom stereocenters. The predicted octanol–water partition coefficient (Wildman–Crippen LogP) is 1.86. The van der Waals surface area contributed by atoms with Gasteiger partial charge in [-0.3, -0.25) is 4.79 Å². The number of rotatable bonds is 5. The third-order valence-corrected chi connectivity index (χ3v) is 2.97. The minimum Gasteiger partial charge on any atom is -0.341 e. The first-order chi connectivity index (χ1) is 6.77. The zero-order chi connectivity index (χ0) is 12.2. The van der Waals surface area contributed by atoms with E-state index in [0.717, 1.165) is 6.42 Å². The quantitative estimate of drug-likeness (QED) is 0.759. The third kappa shape index (κ3) is 4.65. The number of amides is 1. The topological polar surface area (TPSA) is 46.3 Å². The SMILES string of the molecule is CC(C)C[C@@H](N)C(=O)N(C)C(C)C(C)C. The van der Waals surface area contributed by atoms with Crippen molar-refractivity contribution in [1.82, 2.24) is 4.90 Å². The van der Waals surface area contributed by atoms with E-state index in [-0.39, 0.29) is 18.0 Å². The molecule has 90 valence electrons. The lowest BCUT2D eigenvalue weighted by molar-refractivity contribution is -0.134. The van der Waals surface area contributed by atoms with Crippen LogP contribution in [-0.4, -0.2) is 29.9 Å². The summed E-state index contributed by atoms with van der Waals surface area (Å²) >= 11 is 0. The molecule has 0 aromatic heterocycles. The van der Waals surface area contributed by atoms with Gasteiger partial charge in [-0.05, 0) is 25.2 Å². The Hall–Kier alpha value is -0.570. The summed E-state index contributed by atoms with van der Waals surface area (Å²) in [6.45, 7) is 10.5. The number of hydrogen-bond acceptors (Lipinski definition) is 2. The fraction of sp³-hybridized carbons (Fsp3) is 0.917. The van der Waals surface area contributed by atoms with Crippen molar-refractivity contribution in [3.05, 3.63) is 0 Å². The Morgan fingerprint density at radius 2 is 1.67 bits per heavy atom. The summed E-state index contributed by atoms with van der Waals surface area (Å²) in [7, 11) is 1.84. The maximum absolute atomic E-state index is 11.9. The molecule has 0 aromatic carbocycles. The third-order valence-electron chi connectivity index (χ3n) is 2.97. The molecule has 0 radical (unpaired) electrons. The Balaban J connectivity index is 4.31. The molecule has 3 heteroatoms. The van der Waals surface area contributed by atoms with Gasteiger partial charge in [0, 0.05) is 13.1 Å². The van der Waals surface area contributed by atoms with Crippen molar-refractivity contribution in [3.8, 4) is 0 Å². The predicted molar refractivity (Wildman–Crippen MR) is 64.5 cm³/mol. The molecule has 0 saturated carbocycles. The zero-order valence-corrected chi connectivity index (χ0v) is 10.9. The van der Waals surface area contributed by atoms with Crippen molar-refractivity contribution < 1.29 is 4.79 Å². The van der Waals surface area contributed by atoms with Gasteiger partial charge in [0.25, 0.3) is 0 Å². The molecule has 0 saturated heterocycles. The number of nitrogens with zero attached hydrogens (tertiary/aromatic N) is 1. The molecule has 2 N–H and O–H groups in total. The van der Waals surface area contributed by atoms with Crippen LogP contribution in [0.4, 0.5) is 0 Å². The van der Waals surface area contributed by atoms with Gasteiger partial charge < -0.3 is 10.6 Å². The molecule has 0 aliphatic rings. The second-order valence-corrected chi connectivity index (χ2v) is 5.17. The van der Waals surface area contributed by atoms with E-state index in [9.17, 15) is 4.79 Å². The van der Waals surface area contributed by atoms with E-state index >= 15 is 0 Å². The average Bonchev–Trinajstić information content (AvgIpc) is 2.13. The molecule has 1 amide bonds. The summed E-state index contributed by atoms with van der Waals surface area (Å²) in [5.41, 5.74) is 5.87. The number of carbonyl (C=O) groups excluding carboxylic acids is 1. The maximum atomic E-state index is 11.9. The van der Waals surface area contributed by atoms with E-state index in [1.165, 1.54) is 0 Å². The highest BCUT2D eigenvalue weighted by atomic mass is 16.2. The molecule has 3 nitrogen and oxygen atoms in total. The van der Waals surface area contributed by atoms with E-state index in [4.69, 9.17) is 5.73 Å². The minimum absolute atomic E-state index is 0.0601. The normalized spacial score (nSPS) is 15.5. The van der Waals surface area contributed by atoms with Gasteiger partial charge in [-0.25, -0.2) is 0 Å². The molecule has 15 heavy (non-hydrogen) atoms. The fourth-order valence-electron chi connectivity index (χ4n) is 1.52. The van der Waals surface area contributed by atoms with E-state index in [0.29, 0.717) is 11.8 Å². The molecule has 0 rings (SSSR count). The monoisotopic (exact) mass is 214 g/mol. The smallest absolute Gasteiger partial charge is 0.239 e. The summed E-state index contributed by atoms with van der Waals surface area (Å²) in [6, 6.07) is -0.105. The van der Waals surface area contributed by atoms with Crippen LogP contribution in [-0.2, 0) is 4.79 Å². The highest BCUT2D eigenvalue weighted by molar-refractivity contribution is 5.81. The maximum Gasteiger partial charge on any atom is 0.239 e. The van der Waals surface area contributed by atoms with Crippen molar-refractivity contribution in [2.24, 2.45) is 17.6 Å². The molecule has 0 spiro atoms. The standard InChI is InChI=1S/C12H26N2O/c1-8(2)7-11(13)12(15)14(6)10(5)9(3)4/h8-11H,7,13H2,1-6H3/t10?,11-/m1/s1. The minimum atomic E-state index is -0.351. The highest BCUT2D eigenvalue weighted by Crippen LogP contribution is 2.11. The summed E-state index contributed by atoms with van der Waals surface area (Å²) < 4.78 is 0. The van der Waals surface area contributed by atoms with E-state index in [1.807, 2.05) is 7.05 Å². The summed E-state index contributed by atoms with van der Waals surface area (Å²) in [5, 5.41) is 0. The lowest BCUT2D eigenvalue weighted by Crippen LogP contribution is -2.47. The Morgan fingerprint density at radius 1 is 1.20 bits per heavy atom. The lowest BCUT2D eigenvalue weighted by atomic mass is 10.0. The van der Waals surface area contributed by atoms with Crippen molar-refractivity contribution in [2.75, 3.05) is 7.05 Å². The Labute approximate surface area is 94.0 Å². The second-order valence-electron chi connectivity index (χ2n) is 5.17. The van der Waals surface area contributed by atoms with E-state index in [2.05, 4.69) is 34.6 Å². The molecule has 0 heterocycles. The highest BCUT2D eigenvalue weighted by Gasteiger charge is 2.23. The van der Waals surface area contributed by atoms with Crippen LogP contribution < -0.4 is 5.73 Å². The molecule has 2 atom stereocenters. The first kappa shape index (κ1) is 14.4. The lowest BCUT2D eigenvalue weighted by Gasteiger charge is -2.30. The second kappa shape index (κ2) is 6.11. The molecular weight excluding hydrogens is 188 g/mol. The van der Waals surface area contributed by atoms with Gasteiger partial charge in [0.05, 0.1) is 6.04 Å². The van der Waals surface area contributed by atoms with Crippen LogP contribution in [0.1, 0.15) is 41.0 Å².